The van der Waals surface area contributed by atoms with Crippen LogP contribution in [0.25, 0.3) is 0 Å². The van der Waals surface area contributed by atoms with Crippen LogP contribution in [0.5, 0.6) is 5.75 Å². The van der Waals surface area contributed by atoms with E-state index >= 15 is 0 Å². The largest absolute Gasteiger partial charge is 0.479 e. The van der Waals surface area contributed by atoms with Gasteiger partial charge < -0.3 is 14.8 Å². The van der Waals surface area contributed by atoms with Gasteiger partial charge in [0.15, 0.2) is 12.7 Å². The summed E-state index contributed by atoms with van der Waals surface area (Å²) in [6.07, 6.45) is -0.914. The summed E-state index contributed by atoms with van der Waals surface area (Å²) >= 11 is 0. The molecule has 0 bridgehead atoms. The number of aryl methyl sites for hydroxylation is 1. The van der Waals surface area contributed by atoms with Crippen LogP contribution in [0.1, 0.15) is 12.5 Å². The van der Waals surface area contributed by atoms with E-state index in [-0.39, 0.29) is 0 Å². The van der Waals surface area contributed by atoms with Crippen molar-refractivity contribution in [3.05, 3.63) is 59.9 Å². The summed E-state index contributed by atoms with van der Waals surface area (Å²) in [5.41, 5.74) is 1.70. The Morgan fingerprint density at radius 1 is 1.08 bits per heavy atom. The molecule has 0 heterocycles. The van der Waals surface area contributed by atoms with E-state index in [1.807, 2.05) is 19.1 Å². The van der Waals surface area contributed by atoms with Crippen LogP contribution in [0.2, 0.25) is 0 Å². The number of hydrogen-bond acceptors (Lipinski definition) is 4. The average molecular weight is 331 g/mol. The van der Waals surface area contributed by atoms with Crippen LogP contribution in [-0.4, -0.2) is 24.6 Å². The lowest BCUT2D eigenvalue weighted by molar-refractivity contribution is -0.153. The predicted molar refractivity (Wildman–Crippen MR) is 87.3 cm³/mol. The van der Waals surface area contributed by atoms with E-state index in [9.17, 15) is 14.0 Å². The molecule has 2 rings (SSSR count). The van der Waals surface area contributed by atoms with E-state index in [1.54, 1.807) is 12.1 Å². The van der Waals surface area contributed by atoms with Crippen molar-refractivity contribution in [3.63, 3.8) is 0 Å². The van der Waals surface area contributed by atoms with Crippen LogP contribution in [0.3, 0.4) is 0 Å². The van der Waals surface area contributed by atoms with Gasteiger partial charge in [-0.1, -0.05) is 17.7 Å². The molecule has 0 aliphatic rings. The van der Waals surface area contributed by atoms with Crippen molar-refractivity contribution in [1.29, 1.82) is 0 Å². The van der Waals surface area contributed by atoms with Crippen molar-refractivity contribution in [1.82, 2.24) is 0 Å². The molecule has 6 heteroatoms. The molecule has 0 aromatic heterocycles. The number of benzene rings is 2. The molecule has 126 valence electrons. The number of rotatable bonds is 6. The number of halogens is 1. The monoisotopic (exact) mass is 331 g/mol. The molecule has 0 spiro atoms. The summed E-state index contributed by atoms with van der Waals surface area (Å²) < 4.78 is 23.0. The highest BCUT2D eigenvalue weighted by Crippen LogP contribution is 2.13. The summed E-state index contributed by atoms with van der Waals surface area (Å²) in [6, 6.07) is 12.5. The first-order valence-electron chi connectivity index (χ1n) is 7.39. The van der Waals surface area contributed by atoms with Gasteiger partial charge in [0.25, 0.3) is 5.91 Å². The number of esters is 1. The van der Waals surface area contributed by atoms with E-state index in [4.69, 9.17) is 9.47 Å². The minimum absolute atomic E-state index is 0.338. The average Bonchev–Trinajstić information content (AvgIpc) is 2.57. The van der Waals surface area contributed by atoms with Crippen molar-refractivity contribution < 1.29 is 23.5 Å². The van der Waals surface area contributed by atoms with E-state index in [0.29, 0.717) is 11.4 Å². The van der Waals surface area contributed by atoms with Gasteiger partial charge in [0, 0.05) is 5.69 Å². The molecular weight excluding hydrogens is 313 g/mol. The summed E-state index contributed by atoms with van der Waals surface area (Å²) in [5, 5.41) is 2.62. The Balaban J connectivity index is 1.77. The van der Waals surface area contributed by atoms with Crippen LogP contribution < -0.4 is 10.1 Å². The van der Waals surface area contributed by atoms with Gasteiger partial charge >= 0.3 is 5.97 Å². The fourth-order valence-electron chi connectivity index (χ4n) is 1.85. The lowest BCUT2D eigenvalue weighted by atomic mass is 10.2. The topological polar surface area (TPSA) is 64.6 Å². The molecule has 1 N–H and O–H groups in total. The molecule has 0 aliphatic heterocycles. The Labute approximate surface area is 139 Å². The molecule has 0 unspecified atom stereocenters. The SMILES string of the molecule is Cc1ccc(NC(=O)COC(=O)[C@@H](C)Oc2ccc(F)cc2)cc1. The summed E-state index contributed by atoms with van der Waals surface area (Å²) in [6.45, 7) is 3.02. The molecule has 5 nitrogen and oxygen atoms in total. The number of hydrogen-bond donors (Lipinski definition) is 1. The first-order chi connectivity index (χ1) is 11.4. The summed E-state index contributed by atoms with van der Waals surface area (Å²) in [4.78, 5) is 23.6. The lowest BCUT2D eigenvalue weighted by Crippen LogP contribution is -2.29. The third kappa shape index (κ3) is 5.39. The Morgan fingerprint density at radius 2 is 1.71 bits per heavy atom. The van der Waals surface area contributed by atoms with Gasteiger partial charge in [-0.3, -0.25) is 4.79 Å². The second kappa shape index (κ2) is 8.10. The molecule has 1 atom stereocenters. The fraction of sp³-hybridized carbons (Fsp3) is 0.222. The minimum atomic E-state index is -0.914. The number of anilines is 1. The van der Waals surface area contributed by atoms with E-state index < -0.39 is 30.4 Å². The fourth-order valence-corrected chi connectivity index (χ4v) is 1.85. The van der Waals surface area contributed by atoms with Gasteiger partial charge in [0.05, 0.1) is 0 Å². The molecule has 2 aromatic rings. The zero-order valence-electron chi connectivity index (χ0n) is 13.4. The molecule has 0 fully saturated rings. The molecule has 1 amide bonds. The molecule has 24 heavy (non-hydrogen) atoms. The third-order valence-corrected chi connectivity index (χ3v) is 3.14. The number of carbonyl (C=O) groups excluding carboxylic acids is 2. The zero-order chi connectivity index (χ0) is 17.5. The van der Waals surface area contributed by atoms with Gasteiger partial charge in [-0.05, 0) is 50.2 Å². The maximum Gasteiger partial charge on any atom is 0.347 e. The first kappa shape index (κ1) is 17.5. The van der Waals surface area contributed by atoms with Crippen LogP contribution in [0, 0.1) is 12.7 Å². The van der Waals surface area contributed by atoms with Crippen LogP contribution in [0.4, 0.5) is 10.1 Å². The predicted octanol–water partition coefficient (Wildman–Crippen LogP) is 3.08. The Bertz CT molecular complexity index is 698. The van der Waals surface area contributed by atoms with Crippen molar-refractivity contribution in [2.75, 3.05) is 11.9 Å². The Hall–Kier alpha value is -2.89. The smallest absolute Gasteiger partial charge is 0.347 e. The van der Waals surface area contributed by atoms with Gasteiger partial charge in [0.1, 0.15) is 11.6 Å². The standard InChI is InChI=1S/C18H18FNO4/c1-12-3-7-15(8-4-12)20-17(21)11-23-18(22)13(2)24-16-9-5-14(19)6-10-16/h3-10,13H,11H2,1-2H3,(H,20,21)/t13-/m1/s1. The third-order valence-electron chi connectivity index (χ3n) is 3.14. The number of ether oxygens (including phenoxy) is 2. The number of carbonyl (C=O) groups is 2. The molecule has 0 radical (unpaired) electrons. The lowest BCUT2D eigenvalue weighted by Gasteiger charge is -2.14. The van der Waals surface area contributed by atoms with Gasteiger partial charge in [-0.15, -0.1) is 0 Å². The molecule has 0 saturated carbocycles. The number of nitrogens with one attached hydrogen (secondary N) is 1. The first-order valence-corrected chi connectivity index (χ1v) is 7.39. The van der Waals surface area contributed by atoms with Crippen LogP contribution in [0.15, 0.2) is 48.5 Å². The molecule has 2 aromatic carbocycles. The zero-order valence-corrected chi connectivity index (χ0v) is 13.4. The highest BCUT2D eigenvalue weighted by atomic mass is 19.1. The van der Waals surface area contributed by atoms with Crippen molar-refractivity contribution in [3.8, 4) is 5.75 Å². The second-order valence-corrected chi connectivity index (χ2v) is 5.24. The van der Waals surface area contributed by atoms with Gasteiger partial charge in [0.2, 0.25) is 0 Å². The minimum Gasteiger partial charge on any atom is -0.479 e. The maximum atomic E-state index is 12.8. The van der Waals surface area contributed by atoms with Crippen LogP contribution in [-0.2, 0) is 14.3 Å². The van der Waals surface area contributed by atoms with Gasteiger partial charge in [-0.2, -0.15) is 0 Å². The second-order valence-electron chi connectivity index (χ2n) is 5.24. The highest BCUT2D eigenvalue weighted by molar-refractivity contribution is 5.93. The van der Waals surface area contributed by atoms with Crippen molar-refractivity contribution >= 4 is 17.6 Å². The molecule has 0 saturated heterocycles. The van der Waals surface area contributed by atoms with Crippen molar-refractivity contribution in [2.45, 2.75) is 20.0 Å². The van der Waals surface area contributed by atoms with E-state index in [1.165, 1.54) is 31.2 Å². The maximum absolute atomic E-state index is 12.8. The number of amides is 1. The van der Waals surface area contributed by atoms with Gasteiger partial charge in [-0.25, -0.2) is 9.18 Å². The summed E-state index contributed by atoms with van der Waals surface area (Å²) in [7, 11) is 0. The summed E-state index contributed by atoms with van der Waals surface area (Å²) in [5.74, 6) is -1.19. The van der Waals surface area contributed by atoms with E-state index in [2.05, 4.69) is 5.32 Å². The van der Waals surface area contributed by atoms with Crippen LogP contribution >= 0.6 is 0 Å². The Kier molecular flexibility index (Phi) is 5.89. The van der Waals surface area contributed by atoms with Crippen molar-refractivity contribution in [2.24, 2.45) is 0 Å². The quantitative estimate of drug-likeness (QED) is 0.826. The van der Waals surface area contributed by atoms with E-state index in [0.717, 1.165) is 5.56 Å². The highest BCUT2D eigenvalue weighted by Gasteiger charge is 2.18. The Morgan fingerprint density at radius 3 is 2.33 bits per heavy atom. The normalized spacial score (nSPS) is 11.5. The molecule has 0 aliphatic carbocycles. The molecular formula is C18H18FNO4.